The van der Waals surface area contributed by atoms with Crippen LogP contribution in [0.25, 0.3) is 0 Å². The molecule has 108 valence electrons. The van der Waals surface area contributed by atoms with Gasteiger partial charge in [-0.15, -0.1) is 0 Å². The minimum atomic E-state index is 0.250. The Bertz CT molecular complexity index is 301. The highest BCUT2D eigenvalue weighted by molar-refractivity contribution is 5.78. The summed E-state index contributed by atoms with van der Waals surface area (Å²) in [5, 5.41) is 6.70. The average molecular weight is 265 g/mol. The first-order valence-electron chi connectivity index (χ1n) is 8.03. The lowest BCUT2D eigenvalue weighted by Crippen LogP contribution is -2.42. The smallest absolute Gasteiger partial charge is 0.234 e. The van der Waals surface area contributed by atoms with E-state index in [9.17, 15) is 4.79 Å². The molecule has 0 aromatic heterocycles. The van der Waals surface area contributed by atoms with Crippen molar-refractivity contribution >= 4 is 5.91 Å². The molecule has 1 amide bonds. The molecule has 0 spiro atoms. The number of carbonyl (C=O) groups is 1. The van der Waals surface area contributed by atoms with Crippen molar-refractivity contribution in [2.75, 3.05) is 32.7 Å². The third-order valence-electron chi connectivity index (χ3n) is 5.05. The van der Waals surface area contributed by atoms with Crippen LogP contribution in [0.15, 0.2) is 0 Å². The quantitative estimate of drug-likeness (QED) is 0.748. The van der Waals surface area contributed by atoms with Crippen molar-refractivity contribution in [1.29, 1.82) is 0 Å². The second-order valence-corrected chi connectivity index (χ2v) is 6.63. The van der Waals surface area contributed by atoms with Crippen molar-refractivity contribution in [3.8, 4) is 0 Å². The number of rotatable bonds is 3. The zero-order valence-corrected chi connectivity index (χ0v) is 11.9. The van der Waals surface area contributed by atoms with Crippen LogP contribution in [0.2, 0.25) is 0 Å². The topological polar surface area (TPSA) is 44.4 Å². The van der Waals surface area contributed by atoms with Crippen LogP contribution >= 0.6 is 0 Å². The van der Waals surface area contributed by atoms with Crippen molar-refractivity contribution in [3.05, 3.63) is 0 Å². The molecule has 0 aromatic rings. The second kappa shape index (κ2) is 6.23. The number of nitrogens with one attached hydrogen (secondary N) is 2. The predicted octanol–water partition coefficient (Wildman–Crippen LogP) is 0.977. The first-order chi connectivity index (χ1) is 9.31. The van der Waals surface area contributed by atoms with E-state index in [1.54, 1.807) is 0 Å². The van der Waals surface area contributed by atoms with Gasteiger partial charge in [0.2, 0.25) is 5.91 Å². The second-order valence-electron chi connectivity index (χ2n) is 6.63. The molecule has 19 heavy (non-hydrogen) atoms. The summed E-state index contributed by atoms with van der Waals surface area (Å²) in [5.41, 5.74) is 0. The molecule has 3 aliphatic rings. The van der Waals surface area contributed by atoms with E-state index in [2.05, 4.69) is 15.5 Å². The fourth-order valence-corrected chi connectivity index (χ4v) is 3.98. The molecule has 0 radical (unpaired) electrons. The molecule has 2 unspecified atom stereocenters. The minimum Gasteiger partial charge on any atom is -0.352 e. The molecule has 1 saturated carbocycles. The molecule has 2 heterocycles. The van der Waals surface area contributed by atoms with Gasteiger partial charge >= 0.3 is 0 Å². The Kier molecular flexibility index (Phi) is 4.38. The Balaban J connectivity index is 1.41. The number of likely N-dealkylation sites (tertiary alicyclic amines) is 1. The van der Waals surface area contributed by atoms with Gasteiger partial charge in [0.05, 0.1) is 6.54 Å². The van der Waals surface area contributed by atoms with Gasteiger partial charge in [0.15, 0.2) is 0 Å². The van der Waals surface area contributed by atoms with E-state index in [1.807, 2.05) is 0 Å². The van der Waals surface area contributed by atoms with Gasteiger partial charge in [-0.1, -0.05) is 25.7 Å². The lowest BCUT2D eigenvalue weighted by Gasteiger charge is -2.20. The average Bonchev–Trinajstić information content (AvgIpc) is 2.83. The number of hydrogen-bond donors (Lipinski definition) is 2. The van der Waals surface area contributed by atoms with Crippen LogP contribution in [0, 0.1) is 11.8 Å². The Morgan fingerprint density at radius 1 is 1.05 bits per heavy atom. The maximum atomic E-state index is 12.1. The van der Waals surface area contributed by atoms with Gasteiger partial charge < -0.3 is 10.6 Å². The van der Waals surface area contributed by atoms with Crippen LogP contribution in [-0.2, 0) is 4.79 Å². The van der Waals surface area contributed by atoms with E-state index < -0.39 is 0 Å². The summed E-state index contributed by atoms with van der Waals surface area (Å²) in [7, 11) is 0. The van der Waals surface area contributed by atoms with Crippen LogP contribution in [-0.4, -0.2) is 49.6 Å². The molecule has 2 atom stereocenters. The molecule has 4 nitrogen and oxygen atoms in total. The number of carbonyl (C=O) groups excluding carboxylic acids is 1. The molecule has 0 bridgehead atoms. The largest absolute Gasteiger partial charge is 0.352 e. The molecular weight excluding hydrogens is 238 g/mol. The van der Waals surface area contributed by atoms with E-state index in [0.717, 1.165) is 38.0 Å². The lowest BCUT2D eigenvalue weighted by molar-refractivity contribution is -0.122. The first-order valence-corrected chi connectivity index (χ1v) is 8.03. The summed E-state index contributed by atoms with van der Waals surface area (Å²) < 4.78 is 0. The maximum absolute atomic E-state index is 12.1. The first kappa shape index (κ1) is 13.4. The summed E-state index contributed by atoms with van der Waals surface area (Å²) in [5.74, 6) is 1.82. The normalized spacial score (nSPS) is 33.1. The third kappa shape index (κ3) is 3.48. The number of nitrogens with zero attached hydrogens (tertiary/aromatic N) is 1. The van der Waals surface area contributed by atoms with E-state index in [0.29, 0.717) is 12.6 Å². The Labute approximate surface area is 116 Å². The van der Waals surface area contributed by atoms with Crippen molar-refractivity contribution in [2.45, 2.75) is 44.6 Å². The van der Waals surface area contributed by atoms with Gasteiger partial charge in [-0.05, 0) is 37.8 Å². The van der Waals surface area contributed by atoms with Crippen molar-refractivity contribution in [2.24, 2.45) is 11.8 Å². The fourth-order valence-electron chi connectivity index (χ4n) is 3.98. The van der Waals surface area contributed by atoms with Gasteiger partial charge in [-0.3, -0.25) is 9.69 Å². The summed E-state index contributed by atoms with van der Waals surface area (Å²) in [4.78, 5) is 14.5. The van der Waals surface area contributed by atoms with Gasteiger partial charge in [0.25, 0.3) is 0 Å². The molecule has 1 aliphatic carbocycles. The molecule has 4 heteroatoms. The van der Waals surface area contributed by atoms with Crippen molar-refractivity contribution < 1.29 is 4.79 Å². The van der Waals surface area contributed by atoms with E-state index in [4.69, 9.17) is 0 Å². The maximum Gasteiger partial charge on any atom is 0.234 e. The molecule has 3 rings (SSSR count). The SMILES string of the molecule is O=C(CN1CC2CNCC2C1)NC1CCCCCC1. The summed E-state index contributed by atoms with van der Waals surface area (Å²) in [6.07, 6.45) is 7.61. The van der Waals surface area contributed by atoms with Crippen LogP contribution in [0.3, 0.4) is 0 Å². The molecule has 0 aromatic carbocycles. The summed E-state index contributed by atoms with van der Waals surface area (Å²) in [6.45, 7) is 5.12. The zero-order valence-electron chi connectivity index (χ0n) is 11.9. The van der Waals surface area contributed by atoms with Gasteiger partial charge in [0.1, 0.15) is 0 Å². The van der Waals surface area contributed by atoms with E-state index in [1.165, 1.54) is 38.5 Å². The van der Waals surface area contributed by atoms with Gasteiger partial charge in [-0.25, -0.2) is 0 Å². The Hall–Kier alpha value is -0.610. The summed E-state index contributed by atoms with van der Waals surface area (Å²) in [6, 6.07) is 0.443. The van der Waals surface area contributed by atoms with Crippen molar-refractivity contribution in [1.82, 2.24) is 15.5 Å². The molecule has 2 saturated heterocycles. The number of fused-ring (bicyclic) bond motifs is 1. The monoisotopic (exact) mass is 265 g/mol. The van der Waals surface area contributed by atoms with E-state index in [-0.39, 0.29) is 5.91 Å². The Morgan fingerprint density at radius 3 is 2.32 bits per heavy atom. The van der Waals surface area contributed by atoms with E-state index >= 15 is 0 Å². The molecular formula is C15H27N3O. The number of amides is 1. The third-order valence-corrected chi connectivity index (χ3v) is 5.05. The molecule has 2 aliphatic heterocycles. The minimum absolute atomic E-state index is 0.250. The Morgan fingerprint density at radius 2 is 1.68 bits per heavy atom. The predicted molar refractivity (Wildman–Crippen MR) is 75.9 cm³/mol. The van der Waals surface area contributed by atoms with Gasteiger partial charge in [-0.2, -0.15) is 0 Å². The van der Waals surface area contributed by atoms with Crippen LogP contribution < -0.4 is 10.6 Å². The highest BCUT2D eigenvalue weighted by Crippen LogP contribution is 2.25. The van der Waals surface area contributed by atoms with Crippen LogP contribution in [0.1, 0.15) is 38.5 Å². The van der Waals surface area contributed by atoms with Gasteiger partial charge in [0, 0.05) is 19.1 Å². The summed E-state index contributed by atoms with van der Waals surface area (Å²) >= 11 is 0. The lowest BCUT2D eigenvalue weighted by atomic mass is 10.0. The van der Waals surface area contributed by atoms with Crippen LogP contribution in [0.4, 0.5) is 0 Å². The zero-order chi connectivity index (χ0) is 13.1. The molecule has 2 N–H and O–H groups in total. The fraction of sp³-hybridized carbons (Fsp3) is 0.933. The molecule has 3 fully saturated rings. The highest BCUT2D eigenvalue weighted by Gasteiger charge is 2.36. The highest BCUT2D eigenvalue weighted by atomic mass is 16.2. The number of hydrogen-bond acceptors (Lipinski definition) is 3. The standard InChI is InChI=1S/C15H27N3O/c19-15(17-14-5-3-1-2-4-6-14)11-18-9-12-7-16-8-13(12)10-18/h12-14,16H,1-11H2,(H,17,19). The van der Waals surface area contributed by atoms with Crippen molar-refractivity contribution in [3.63, 3.8) is 0 Å². The van der Waals surface area contributed by atoms with Crippen LogP contribution in [0.5, 0.6) is 0 Å².